The molecule has 2 fully saturated rings. The standard InChI is InChI=1S/C17H24N2O6S/c1-18(12-6-3-2-4-7-12)16(20)13-8-5-11-19(13)26(23,24)15-10-9-14(25-15)17(21)22/h9-10,12-13H,2-8,11H2,1H3,(H,21,22). The van der Waals surface area contributed by atoms with Gasteiger partial charge in [0.25, 0.3) is 10.0 Å². The number of carbonyl (C=O) groups is 2. The number of furan rings is 1. The van der Waals surface area contributed by atoms with Gasteiger partial charge in [0.2, 0.25) is 16.8 Å². The van der Waals surface area contributed by atoms with Gasteiger partial charge < -0.3 is 14.4 Å². The van der Waals surface area contributed by atoms with E-state index in [4.69, 9.17) is 9.52 Å². The molecule has 1 N–H and O–H groups in total. The van der Waals surface area contributed by atoms with Crippen LogP contribution in [0.1, 0.15) is 55.5 Å². The second-order valence-corrected chi connectivity index (χ2v) is 8.76. The first-order valence-corrected chi connectivity index (χ1v) is 10.4. The van der Waals surface area contributed by atoms with Gasteiger partial charge in [0, 0.05) is 19.6 Å². The van der Waals surface area contributed by atoms with Crippen LogP contribution in [0.25, 0.3) is 0 Å². The van der Waals surface area contributed by atoms with Gasteiger partial charge in [-0.1, -0.05) is 19.3 Å². The number of aromatic carboxylic acids is 1. The van der Waals surface area contributed by atoms with Crippen LogP contribution in [0.4, 0.5) is 0 Å². The summed E-state index contributed by atoms with van der Waals surface area (Å²) >= 11 is 0. The third-order valence-corrected chi connectivity index (χ3v) is 7.10. The largest absolute Gasteiger partial charge is 0.475 e. The fourth-order valence-electron chi connectivity index (χ4n) is 3.85. The summed E-state index contributed by atoms with van der Waals surface area (Å²) in [5, 5.41) is 8.49. The van der Waals surface area contributed by atoms with E-state index < -0.39 is 32.9 Å². The Hall–Kier alpha value is -1.87. The van der Waals surface area contributed by atoms with Crippen LogP contribution in [-0.4, -0.2) is 60.3 Å². The third kappa shape index (κ3) is 3.50. The van der Waals surface area contributed by atoms with Crippen LogP contribution >= 0.6 is 0 Å². The lowest BCUT2D eigenvalue weighted by Crippen LogP contribution is -2.49. The van der Waals surface area contributed by atoms with Crippen molar-refractivity contribution in [2.45, 2.75) is 62.1 Å². The maximum Gasteiger partial charge on any atom is 0.371 e. The van der Waals surface area contributed by atoms with Crippen LogP contribution in [0.5, 0.6) is 0 Å². The van der Waals surface area contributed by atoms with E-state index in [1.165, 1.54) is 6.42 Å². The predicted octanol–water partition coefficient (Wildman–Crippen LogP) is 1.92. The number of likely N-dealkylation sites (N-methyl/N-ethyl adjacent to an activating group) is 1. The first-order chi connectivity index (χ1) is 12.3. The fraction of sp³-hybridized carbons (Fsp3) is 0.647. The first-order valence-electron chi connectivity index (χ1n) is 8.94. The summed E-state index contributed by atoms with van der Waals surface area (Å²) in [6, 6.07) is 1.63. The molecule has 2 aliphatic rings. The minimum atomic E-state index is -4.05. The van der Waals surface area contributed by atoms with Crippen molar-refractivity contribution in [1.29, 1.82) is 0 Å². The first kappa shape index (κ1) is 18.9. The molecule has 8 nitrogen and oxygen atoms in total. The van der Waals surface area contributed by atoms with E-state index in [2.05, 4.69) is 0 Å². The van der Waals surface area contributed by atoms with Crippen molar-refractivity contribution in [3.63, 3.8) is 0 Å². The Morgan fingerprint density at radius 3 is 2.46 bits per heavy atom. The molecule has 1 amide bonds. The van der Waals surface area contributed by atoms with Gasteiger partial charge in [-0.2, -0.15) is 4.31 Å². The summed E-state index contributed by atoms with van der Waals surface area (Å²) in [5.41, 5.74) is 0. The highest BCUT2D eigenvalue weighted by atomic mass is 32.2. The molecule has 0 bridgehead atoms. The van der Waals surface area contributed by atoms with Gasteiger partial charge in [0.15, 0.2) is 0 Å². The molecule has 1 atom stereocenters. The molecule has 1 aliphatic carbocycles. The fourth-order valence-corrected chi connectivity index (χ4v) is 5.41. The lowest BCUT2D eigenvalue weighted by atomic mass is 9.94. The average Bonchev–Trinajstić information content (AvgIpc) is 3.31. The quantitative estimate of drug-likeness (QED) is 0.831. The highest BCUT2D eigenvalue weighted by Crippen LogP contribution is 2.30. The van der Waals surface area contributed by atoms with Crippen molar-refractivity contribution in [3.05, 3.63) is 17.9 Å². The maximum atomic E-state index is 12.9. The molecule has 0 spiro atoms. The van der Waals surface area contributed by atoms with Gasteiger partial charge in [-0.05, 0) is 37.8 Å². The number of nitrogens with zero attached hydrogens (tertiary/aromatic N) is 2. The summed E-state index contributed by atoms with van der Waals surface area (Å²) in [6.07, 6.45) is 6.28. The molecule has 1 aliphatic heterocycles. The molecule has 2 heterocycles. The Balaban J connectivity index is 1.79. The zero-order valence-electron chi connectivity index (χ0n) is 14.8. The normalized spacial score (nSPS) is 22.4. The molecule has 0 aromatic carbocycles. The van der Waals surface area contributed by atoms with Crippen molar-refractivity contribution in [2.24, 2.45) is 0 Å². The molecule has 1 aromatic heterocycles. The SMILES string of the molecule is CN(C(=O)C1CCCN1S(=O)(=O)c1ccc(C(=O)O)o1)C1CCCCC1. The Bertz CT molecular complexity index is 781. The zero-order valence-corrected chi connectivity index (χ0v) is 15.6. The predicted molar refractivity (Wildman–Crippen MR) is 92.2 cm³/mol. The van der Waals surface area contributed by atoms with E-state index in [1.807, 2.05) is 0 Å². The van der Waals surface area contributed by atoms with Crippen molar-refractivity contribution in [1.82, 2.24) is 9.21 Å². The van der Waals surface area contributed by atoms with Gasteiger partial charge in [-0.3, -0.25) is 4.79 Å². The monoisotopic (exact) mass is 384 g/mol. The van der Waals surface area contributed by atoms with E-state index in [0.717, 1.165) is 42.1 Å². The molecule has 1 aromatic rings. The molecular formula is C17H24N2O6S. The smallest absolute Gasteiger partial charge is 0.371 e. The molecule has 0 radical (unpaired) electrons. The highest BCUT2D eigenvalue weighted by molar-refractivity contribution is 7.89. The number of amides is 1. The van der Waals surface area contributed by atoms with Gasteiger partial charge in [0.1, 0.15) is 6.04 Å². The average molecular weight is 384 g/mol. The lowest BCUT2D eigenvalue weighted by molar-refractivity contribution is -0.136. The van der Waals surface area contributed by atoms with Crippen LogP contribution in [0.15, 0.2) is 21.6 Å². The van der Waals surface area contributed by atoms with E-state index >= 15 is 0 Å². The summed E-state index contributed by atoms with van der Waals surface area (Å²) in [6.45, 7) is 0.223. The number of hydrogen-bond acceptors (Lipinski definition) is 5. The summed E-state index contributed by atoms with van der Waals surface area (Å²) in [5.74, 6) is -1.97. The van der Waals surface area contributed by atoms with Crippen molar-refractivity contribution in [3.8, 4) is 0 Å². The second-order valence-electron chi connectivity index (χ2n) is 6.94. The van der Waals surface area contributed by atoms with E-state index in [1.54, 1.807) is 11.9 Å². The Morgan fingerprint density at radius 1 is 1.15 bits per heavy atom. The Kier molecular flexibility index (Phi) is 5.38. The molecule has 3 rings (SSSR count). The summed E-state index contributed by atoms with van der Waals surface area (Å²) in [7, 11) is -2.31. The molecular weight excluding hydrogens is 360 g/mol. The molecule has 26 heavy (non-hydrogen) atoms. The van der Waals surface area contributed by atoms with Crippen molar-refractivity contribution >= 4 is 21.9 Å². The topological polar surface area (TPSA) is 108 Å². The minimum Gasteiger partial charge on any atom is -0.475 e. The van der Waals surface area contributed by atoms with Gasteiger partial charge in [0.05, 0.1) is 0 Å². The van der Waals surface area contributed by atoms with Crippen LogP contribution in [-0.2, 0) is 14.8 Å². The van der Waals surface area contributed by atoms with Gasteiger partial charge in [-0.15, -0.1) is 0 Å². The maximum absolute atomic E-state index is 12.9. The van der Waals surface area contributed by atoms with Crippen LogP contribution in [0.3, 0.4) is 0 Å². The highest BCUT2D eigenvalue weighted by Gasteiger charge is 2.43. The molecule has 1 saturated carbocycles. The number of carbonyl (C=O) groups excluding carboxylic acids is 1. The summed E-state index contributed by atoms with van der Waals surface area (Å²) in [4.78, 5) is 25.6. The second kappa shape index (κ2) is 7.40. The molecule has 144 valence electrons. The van der Waals surface area contributed by atoms with Crippen LogP contribution in [0, 0.1) is 0 Å². The Morgan fingerprint density at radius 2 is 1.85 bits per heavy atom. The minimum absolute atomic E-state index is 0.156. The van der Waals surface area contributed by atoms with Crippen molar-refractivity contribution in [2.75, 3.05) is 13.6 Å². The van der Waals surface area contributed by atoms with Crippen LogP contribution in [0.2, 0.25) is 0 Å². The third-order valence-electron chi connectivity index (χ3n) is 5.31. The van der Waals surface area contributed by atoms with Gasteiger partial charge >= 0.3 is 5.97 Å². The van der Waals surface area contributed by atoms with Crippen LogP contribution < -0.4 is 0 Å². The van der Waals surface area contributed by atoms with E-state index in [9.17, 15) is 18.0 Å². The number of hydrogen-bond donors (Lipinski definition) is 1. The summed E-state index contributed by atoms with van der Waals surface area (Å²) < 4.78 is 31.8. The lowest BCUT2D eigenvalue weighted by Gasteiger charge is -2.34. The molecule has 1 unspecified atom stereocenters. The number of carboxylic acid groups (broad SMARTS) is 1. The zero-order chi connectivity index (χ0) is 18.9. The molecule has 9 heteroatoms. The van der Waals surface area contributed by atoms with Gasteiger partial charge in [-0.25, -0.2) is 13.2 Å². The number of sulfonamides is 1. The molecule has 1 saturated heterocycles. The van der Waals surface area contributed by atoms with Crippen molar-refractivity contribution < 1.29 is 27.5 Å². The Labute approximate surface area is 152 Å². The van der Waals surface area contributed by atoms with E-state index in [0.29, 0.717) is 12.8 Å². The number of rotatable bonds is 5. The van der Waals surface area contributed by atoms with E-state index in [-0.39, 0.29) is 18.5 Å². The number of carboxylic acids is 1.